The van der Waals surface area contributed by atoms with Crippen LogP contribution in [0.5, 0.6) is 0 Å². The zero-order chi connectivity index (χ0) is 17.0. The van der Waals surface area contributed by atoms with Crippen LogP contribution in [0, 0.1) is 10.1 Å². The van der Waals surface area contributed by atoms with Gasteiger partial charge in [0.05, 0.1) is 22.1 Å². The second-order valence-electron chi connectivity index (χ2n) is 5.51. The van der Waals surface area contributed by atoms with E-state index in [2.05, 4.69) is 4.90 Å². The minimum absolute atomic E-state index is 0.105. The molecule has 0 N–H and O–H groups in total. The zero-order valence-electron chi connectivity index (χ0n) is 13.2. The molecule has 1 fully saturated rings. The van der Waals surface area contributed by atoms with Gasteiger partial charge in [0.25, 0.3) is 5.69 Å². The number of hydrogen-bond donors (Lipinski definition) is 0. The van der Waals surface area contributed by atoms with Crippen molar-refractivity contribution in [3.63, 3.8) is 0 Å². The summed E-state index contributed by atoms with van der Waals surface area (Å²) in [6, 6.07) is 2.69. The largest absolute Gasteiger partial charge is 0.462 e. The van der Waals surface area contributed by atoms with Crippen LogP contribution in [0.1, 0.15) is 23.7 Å². The van der Waals surface area contributed by atoms with Crippen molar-refractivity contribution in [2.24, 2.45) is 0 Å². The quantitative estimate of drug-likeness (QED) is 0.465. The minimum Gasteiger partial charge on any atom is -0.462 e. The Morgan fingerprint density at radius 1 is 1.35 bits per heavy atom. The first-order valence-electron chi connectivity index (χ1n) is 7.52. The van der Waals surface area contributed by atoms with Crippen molar-refractivity contribution >= 4 is 28.9 Å². The lowest BCUT2D eigenvalue weighted by atomic mass is 10.1. The number of likely N-dealkylation sites (N-methyl/N-ethyl adjacent to an activating group) is 1. The Bertz CT molecular complexity index is 601. The molecule has 23 heavy (non-hydrogen) atoms. The fraction of sp³-hybridized carbons (Fsp3) is 0.533. The summed E-state index contributed by atoms with van der Waals surface area (Å²) in [6.07, 6.45) is 0.681. The van der Waals surface area contributed by atoms with Gasteiger partial charge in [-0.3, -0.25) is 10.1 Å². The maximum absolute atomic E-state index is 11.9. The van der Waals surface area contributed by atoms with Gasteiger partial charge in [-0.1, -0.05) is 18.5 Å². The van der Waals surface area contributed by atoms with Crippen LogP contribution < -0.4 is 4.90 Å². The number of nitro groups is 1. The van der Waals surface area contributed by atoms with Gasteiger partial charge in [-0.2, -0.15) is 0 Å². The van der Waals surface area contributed by atoms with Gasteiger partial charge in [0.2, 0.25) is 0 Å². The molecule has 2 rings (SSSR count). The normalized spacial score (nSPS) is 15.5. The van der Waals surface area contributed by atoms with E-state index in [9.17, 15) is 14.9 Å². The first kappa shape index (κ1) is 17.5. The van der Waals surface area contributed by atoms with Gasteiger partial charge in [0, 0.05) is 32.2 Å². The van der Waals surface area contributed by atoms with Crippen LogP contribution in [0.2, 0.25) is 5.02 Å². The minimum atomic E-state index is -0.596. The highest BCUT2D eigenvalue weighted by molar-refractivity contribution is 6.34. The van der Waals surface area contributed by atoms with Crippen LogP contribution in [0.25, 0.3) is 0 Å². The van der Waals surface area contributed by atoms with Gasteiger partial charge >= 0.3 is 5.97 Å². The summed E-state index contributed by atoms with van der Waals surface area (Å²) in [4.78, 5) is 26.9. The Morgan fingerprint density at radius 3 is 2.57 bits per heavy atom. The molecule has 0 bridgehead atoms. The topological polar surface area (TPSA) is 75.9 Å². The third-order valence-electron chi connectivity index (χ3n) is 3.73. The molecule has 0 aromatic heterocycles. The van der Waals surface area contributed by atoms with E-state index in [1.165, 1.54) is 12.1 Å². The number of ether oxygens (including phenoxy) is 1. The number of esters is 1. The molecule has 0 unspecified atom stereocenters. The number of hydrogen-bond acceptors (Lipinski definition) is 6. The molecule has 1 saturated heterocycles. The molecule has 0 saturated carbocycles. The van der Waals surface area contributed by atoms with Gasteiger partial charge < -0.3 is 14.5 Å². The van der Waals surface area contributed by atoms with E-state index in [0.717, 1.165) is 13.1 Å². The number of benzene rings is 1. The maximum Gasteiger partial charge on any atom is 0.338 e. The smallest absolute Gasteiger partial charge is 0.338 e. The number of piperazine rings is 1. The summed E-state index contributed by atoms with van der Waals surface area (Å²) in [6.45, 7) is 5.04. The van der Waals surface area contributed by atoms with Crippen LogP contribution in [0.3, 0.4) is 0 Å². The SMILES string of the molecule is CCCOC(=O)c1cc(Cl)c(N2CCN(C)CC2)c([N+](=O)[O-])c1. The van der Waals surface area contributed by atoms with E-state index in [1.54, 1.807) is 0 Å². The monoisotopic (exact) mass is 341 g/mol. The fourth-order valence-corrected chi connectivity index (χ4v) is 2.80. The average Bonchev–Trinajstić information content (AvgIpc) is 2.52. The van der Waals surface area contributed by atoms with Gasteiger partial charge in [-0.15, -0.1) is 0 Å². The Morgan fingerprint density at radius 2 is 2.00 bits per heavy atom. The molecular weight excluding hydrogens is 322 g/mol. The van der Waals surface area contributed by atoms with E-state index in [0.29, 0.717) is 25.2 Å². The van der Waals surface area contributed by atoms with E-state index in [-0.39, 0.29) is 22.9 Å². The van der Waals surface area contributed by atoms with E-state index >= 15 is 0 Å². The molecule has 1 aromatic rings. The van der Waals surface area contributed by atoms with E-state index in [4.69, 9.17) is 16.3 Å². The predicted octanol–water partition coefficient (Wildman–Crippen LogP) is 2.57. The molecule has 0 aliphatic carbocycles. The summed E-state index contributed by atoms with van der Waals surface area (Å²) in [5.74, 6) is -0.596. The highest BCUT2D eigenvalue weighted by Crippen LogP contribution is 2.37. The highest BCUT2D eigenvalue weighted by atomic mass is 35.5. The average molecular weight is 342 g/mol. The lowest BCUT2D eigenvalue weighted by Gasteiger charge is -2.34. The Labute approximate surface area is 139 Å². The molecule has 1 aliphatic heterocycles. The predicted molar refractivity (Wildman–Crippen MR) is 88.4 cm³/mol. The molecular formula is C15H20ClN3O4. The third kappa shape index (κ3) is 4.11. The molecule has 8 heteroatoms. The van der Waals surface area contributed by atoms with Crippen LogP contribution in [-0.2, 0) is 4.74 Å². The number of nitro benzene ring substituents is 1. The zero-order valence-corrected chi connectivity index (χ0v) is 14.0. The number of nitrogens with zero attached hydrogens (tertiary/aromatic N) is 3. The van der Waals surface area contributed by atoms with Gasteiger partial charge in [-0.25, -0.2) is 4.79 Å². The van der Waals surface area contributed by atoms with Crippen LogP contribution in [0.4, 0.5) is 11.4 Å². The van der Waals surface area contributed by atoms with E-state index in [1.807, 2.05) is 18.9 Å². The molecule has 1 aromatic carbocycles. The van der Waals surface area contributed by atoms with Crippen LogP contribution in [0.15, 0.2) is 12.1 Å². The first-order valence-corrected chi connectivity index (χ1v) is 7.90. The molecule has 0 atom stereocenters. The summed E-state index contributed by atoms with van der Waals surface area (Å²) in [5, 5.41) is 11.6. The number of rotatable bonds is 5. The maximum atomic E-state index is 11.9. The molecule has 1 aliphatic rings. The van der Waals surface area contributed by atoms with Crippen molar-refractivity contribution in [2.75, 3.05) is 44.7 Å². The van der Waals surface area contributed by atoms with Crippen molar-refractivity contribution in [2.45, 2.75) is 13.3 Å². The molecule has 126 valence electrons. The third-order valence-corrected chi connectivity index (χ3v) is 4.02. The lowest BCUT2D eigenvalue weighted by molar-refractivity contribution is -0.384. The molecule has 1 heterocycles. The number of carbonyl (C=O) groups excluding carboxylic acids is 1. The molecule has 0 spiro atoms. The summed E-state index contributed by atoms with van der Waals surface area (Å²) < 4.78 is 5.03. The van der Waals surface area contributed by atoms with Gasteiger partial charge in [0.1, 0.15) is 5.69 Å². The second kappa shape index (κ2) is 7.61. The molecule has 7 nitrogen and oxygen atoms in total. The van der Waals surface area contributed by atoms with Gasteiger partial charge in [-0.05, 0) is 19.5 Å². The second-order valence-corrected chi connectivity index (χ2v) is 5.92. The van der Waals surface area contributed by atoms with Crippen molar-refractivity contribution in [3.05, 3.63) is 32.8 Å². The van der Waals surface area contributed by atoms with Crippen molar-refractivity contribution in [1.29, 1.82) is 0 Å². The Balaban J connectivity index is 2.35. The lowest BCUT2D eigenvalue weighted by Crippen LogP contribution is -2.44. The van der Waals surface area contributed by atoms with Gasteiger partial charge in [0.15, 0.2) is 0 Å². The summed E-state index contributed by atoms with van der Waals surface area (Å²) in [7, 11) is 2.00. The van der Waals surface area contributed by atoms with Crippen molar-refractivity contribution in [1.82, 2.24) is 4.90 Å². The Kier molecular flexibility index (Phi) is 5.79. The van der Waals surface area contributed by atoms with Crippen molar-refractivity contribution in [3.8, 4) is 0 Å². The van der Waals surface area contributed by atoms with Crippen LogP contribution >= 0.6 is 11.6 Å². The highest BCUT2D eigenvalue weighted by Gasteiger charge is 2.27. The number of carbonyl (C=O) groups is 1. The number of anilines is 1. The molecule has 0 radical (unpaired) electrons. The summed E-state index contributed by atoms with van der Waals surface area (Å²) in [5.41, 5.74) is 0.315. The standard InChI is InChI=1S/C15H20ClN3O4/c1-3-8-23-15(20)11-9-12(16)14(13(10-11)19(21)22)18-6-4-17(2)5-7-18/h9-10H,3-8H2,1-2H3. The Hall–Kier alpha value is -1.86. The summed E-state index contributed by atoms with van der Waals surface area (Å²) >= 11 is 6.26. The van der Waals surface area contributed by atoms with E-state index < -0.39 is 10.9 Å². The van der Waals surface area contributed by atoms with Crippen LogP contribution in [-0.4, -0.2) is 55.6 Å². The van der Waals surface area contributed by atoms with Crippen molar-refractivity contribution < 1.29 is 14.5 Å². The first-order chi connectivity index (χ1) is 10.9. The number of halogens is 1. The molecule has 0 amide bonds. The fourth-order valence-electron chi connectivity index (χ4n) is 2.46.